The van der Waals surface area contributed by atoms with Gasteiger partial charge < -0.3 is 15.2 Å². The van der Waals surface area contributed by atoms with E-state index in [0.717, 1.165) is 5.39 Å². The molecule has 0 aliphatic carbocycles. The second kappa shape index (κ2) is 8.38. The third-order valence-electron chi connectivity index (χ3n) is 3.54. The van der Waals surface area contributed by atoms with Gasteiger partial charge in [-0.05, 0) is 13.0 Å². The van der Waals surface area contributed by atoms with Crippen LogP contribution in [0.2, 0.25) is 10.0 Å². The number of nitrogens with two attached hydrogens (primary N) is 1. The smallest absolute Gasteiger partial charge is 0.150 e. The number of hydrogen-bond acceptors (Lipinski definition) is 6. The number of anilines is 1. The largest absolute Gasteiger partial charge is 0.495 e. The van der Waals surface area contributed by atoms with E-state index in [-0.39, 0.29) is 5.82 Å². The number of benzene rings is 1. The number of aromatic nitrogens is 3. The van der Waals surface area contributed by atoms with Gasteiger partial charge in [0.15, 0.2) is 5.82 Å². The summed E-state index contributed by atoms with van der Waals surface area (Å²) in [5, 5.41) is 1.38. The minimum Gasteiger partial charge on any atom is -0.495 e. The van der Waals surface area contributed by atoms with Crippen molar-refractivity contribution in [2.75, 3.05) is 20.0 Å². The number of halogens is 2. The van der Waals surface area contributed by atoms with Crippen LogP contribution in [0.3, 0.4) is 0 Å². The van der Waals surface area contributed by atoms with E-state index in [4.69, 9.17) is 38.4 Å². The topological polar surface area (TPSA) is 83.2 Å². The highest BCUT2D eigenvalue weighted by Crippen LogP contribution is 2.45. The van der Waals surface area contributed by atoms with Gasteiger partial charge in [0.05, 0.1) is 30.0 Å². The van der Waals surface area contributed by atoms with E-state index in [9.17, 15) is 0 Å². The number of ether oxygens (including phenoxy) is 2. The maximum atomic E-state index is 6.43. The molecule has 138 valence electrons. The van der Waals surface area contributed by atoms with Crippen molar-refractivity contribution in [1.29, 1.82) is 0 Å². The summed E-state index contributed by atoms with van der Waals surface area (Å²) < 4.78 is 10.6. The van der Waals surface area contributed by atoms with Gasteiger partial charge in [-0.15, -0.1) is 0 Å². The van der Waals surface area contributed by atoms with Crippen LogP contribution in [0.15, 0.2) is 18.3 Å². The standard InChI is InChI=1S/C16H14Cl2N4O2.C2H6/c1-7-20-6-8-4-9(22-16(19)15(8)21-7)12-13(17)10(23-2)5-11(24-3)14(12)18;1-2/h4-6H,1-3H3,(H2,19,22);1-2H3. The predicted molar refractivity (Wildman–Crippen MR) is 106 cm³/mol. The molecule has 0 atom stereocenters. The molecule has 0 aliphatic rings. The zero-order valence-corrected chi connectivity index (χ0v) is 16.7. The fourth-order valence-electron chi connectivity index (χ4n) is 2.39. The van der Waals surface area contributed by atoms with Gasteiger partial charge in [-0.1, -0.05) is 37.0 Å². The van der Waals surface area contributed by atoms with Crippen LogP contribution in [0.1, 0.15) is 19.7 Å². The Kier molecular flexibility index (Phi) is 6.45. The number of rotatable bonds is 3. The number of pyridine rings is 1. The quantitative estimate of drug-likeness (QED) is 0.677. The maximum Gasteiger partial charge on any atom is 0.150 e. The average molecular weight is 395 g/mol. The maximum absolute atomic E-state index is 6.43. The minimum atomic E-state index is 0.266. The lowest BCUT2D eigenvalue weighted by Crippen LogP contribution is -2.00. The van der Waals surface area contributed by atoms with E-state index in [2.05, 4.69) is 15.0 Å². The fraction of sp³-hybridized carbons (Fsp3) is 0.278. The molecule has 2 aromatic heterocycles. The summed E-state index contributed by atoms with van der Waals surface area (Å²) in [6.45, 7) is 5.79. The summed E-state index contributed by atoms with van der Waals surface area (Å²) in [6, 6.07) is 3.39. The molecule has 8 heteroatoms. The molecule has 3 rings (SSSR count). The second-order valence-corrected chi connectivity index (χ2v) is 5.79. The molecule has 2 heterocycles. The zero-order chi connectivity index (χ0) is 19.4. The summed E-state index contributed by atoms with van der Waals surface area (Å²) in [5.74, 6) is 1.73. The van der Waals surface area contributed by atoms with E-state index in [1.54, 1.807) is 25.3 Å². The molecule has 0 bridgehead atoms. The van der Waals surface area contributed by atoms with Crippen LogP contribution >= 0.6 is 23.2 Å². The van der Waals surface area contributed by atoms with Crippen LogP contribution in [0.4, 0.5) is 5.82 Å². The number of nitrogens with zero attached hydrogens (tertiary/aromatic N) is 3. The van der Waals surface area contributed by atoms with Gasteiger partial charge in [-0.25, -0.2) is 15.0 Å². The first-order valence-corrected chi connectivity index (χ1v) is 8.72. The molecule has 0 saturated carbocycles. The third kappa shape index (κ3) is 3.61. The first kappa shape index (κ1) is 20.0. The highest BCUT2D eigenvalue weighted by molar-refractivity contribution is 6.41. The van der Waals surface area contributed by atoms with Crippen LogP contribution in [0.25, 0.3) is 22.2 Å². The molecule has 2 N–H and O–H groups in total. The van der Waals surface area contributed by atoms with Gasteiger partial charge in [0.1, 0.15) is 22.8 Å². The predicted octanol–water partition coefficient (Wildman–Crippen LogP) is 4.93. The highest BCUT2D eigenvalue weighted by atomic mass is 35.5. The summed E-state index contributed by atoms with van der Waals surface area (Å²) >= 11 is 12.9. The lowest BCUT2D eigenvalue weighted by atomic mass is 10.1. The molecule has 0 unspecified atom stereocenters. The Bertz CT molecular complexity index is 920. The summed E-state index contributed by atoms with van der Waals surface area (Å²) in [4.78, 5) is 12.9. The fourth-order valence-corrected chi connectivity index (χ4v) is 3.09. The molecule has 0 spiro atoms. The second-order valence-electron chi connectivity index (χ2n) is 5.03. The zero-order valence-electron chi connectivity index (χ0n) is 15.2. The average Bonchev–Trinajstić information content (AvgIpc) is 2.64. The molecule has 3 aromatic rings. The van der Waals surface area contributed by atoms with Crippen molar-refractivity contribution in [3.05, 3.63) is 34.2 Å². The SMILES string of the molecule is CC.COc1cc(OC)c(Cl)c(-c2cc3cnc(C)nc3c(N)n2)c1Cl. The summed E-state index contributed by atoms with van der Waals surface area (Å²) in [7, 11) is 3.02. The number of hydrogen-bond donors (Lipinski definition) is 1. The summed E-state index contributed by atoms with van der Waals surface area (Å²) in [5.41, 5.74) is 7.59. The molecule has 0 fully saturated rings. The highest BCUT2D eigenvalue weighted by Gasteiger charge is 2.20. The van der Waals surface area contributed by atoms with Crippen molar-refractivity contribution in [3.63, 3.8) is 0 Å². The van der Waals surface area contributed by atoms with E-state index in [1.165, 1.54) is 14.2 Å². The first-order valence-electron chi connectivity index (χ1n) is 7.96. The van der Waals surface area contributed by atoms with Crippen molar-refractivity contribution < 1.29 is 9.47 Å². The van der Waals surface area contributed by atoms with Crippen molar-refractivity contribution in [1.82, 2.24) is 15.0 Å². The van der Waals surface area contributed by atoms with Crippen molar-refractivity contribution >= 4 is 39.9 Å². The normalized spacial score (nSPS) is 10.3. The molecule has 0 aliphatic heterocycles. The Morgan fingerprint density at radius 1 is 0.962 bits per heavy atom. The van der Waals surface area contributed by atoms with Crippen LogP contribution < -0.4 is 15.2 Å². The molecular formula is C18H20Cl2N4O2. The van der Waals surface area contributed by atoms with E-state index >= 15 is 0 Å². The Morgan fingerprint density at radius 2 is 1.54 bits per heavy atom. The monoisotopic (exact) mass is 394 g/mol. The number of aryl methyl sites for hydroxylation is 1. The summed E-state index contributed by atoms with van der Waals surface area (Å²) in [6.07, 6.45) is 1.68. The Balaban J connectivity index is 0.00000117. The number of fused-ring (bicyclic) bond motifs is 1. The van der Waals surface area contributed by atoms with Crippen molar-refractivity contribution in [2.45, 2.75) is 20.8 Å². The van der Waals surface area contributed by atoms with Crippen LogP contribution in [0, 0.1) is 6.92 Å². The van der Waals surface area contributed by atoms with Crippen molar-refractivity contribution in [2.24, 2.45) is 0 Å². The van der Waals surface area contributed by atoms with Gasteiger partial charge in [-0.3, -0.25) is 0 Å². The minimum absolute atomic E-state index is 0.266. The number of methoxy groups -OCH3 is 2. The van der Waals surface area contributed by atoms with Gasteiger partial charge in [-0.2, -0.15) is 0 Å². The Labute approximate surface area is 162 Å². The Hall–Kier alpha value is -2.31. The lowest BCUT2D eigenvalue weighted by molar-refractivity contribution is 0.395. The van der Waals surface area contributed by atoms with Gasteiger partial charge >= 0.3 is 0 Å². The molecule has 1 aromatic carbocycles. The molecule has 0 saturated heterocycles. The van der Waals surface area contributed by atoms with Crippen LogP contribution in [-0.2, 0) is 0 Å². The number of nitrogen functional groups attached to an aromatic ring is 1. The Morgan fingerprint density at radius 3 is 2.08 bits per heavy atom. The lowest BCUT2D eigenvalue weighted by Gasteiger charge is -2.15. The van der Waals surface area contributed by atoms with E-state index in [1.807, 2.05) is 13.8 Å². The third-order valence-corrected chi connectivity index (χ3v) is 4.29. The van der Waals surface area contributed by atoms with Crippen LogP contribution in [0.5, 0.6) is 11.5 Å². The first-order chi connectivity index (χ1) is 12.5. The van der Waals surface area contributed by atoms with Crippen molar-refractivity contribution in [3.8, 4) is 22.8 Å². The van der Waals surface area contributed by atoms with E-state index in [0.29, 0.717) is 44.1 Å². The molecule has 6 nitrogen and oxygen atoms in total. The van der Waals surface area contributed by atoms with Crippen LogP contribution in [-0.4, -0.2) is 29.2 Å². The molecule has 0 amide bonds. The molecular weight excluding hydrogens is 375 g/mol. The van der Waals surface area contributed by atoms with Gasteiger partial charge in [0.25, 0.3) is 0 Å². The van der Waals surface area contributed by atoms with E-state index < -0.39 is 0 Å². The van der Waals surface area contributed by atoms with Gasteiger partial charge in [0.2, 0.25) is 0 Å². The molecule has 0 radical (unpaired) electrons. The van der Waals surface area contributed by atoms with Gasteiger partial charge in [0, 0.05) is 23.2 Å². The molecule has 26 heavy (non-hydrogen) atoms.